The molecule has 0 radical (unpaired) electrons. The Hall–Kier alpha value is -1.89. The molecule has 4 N–H and O–H groups in total. The number of nitrogens with one attached hydrogen (secondary N) is 1. The first-order valence-electron chi connectivity index (χ1n) is 5.20. The van der Waals surface area contributed by atoms with E-state index in [1.54, 1.807) is 6.07 Å². The standard InChI is InChI=1S/C11H14N2O4S/c1-5-3-8(18-6(5)2)10(15)13-7(11(16)17)4-9(12)14/h3,7H,4H2,1-2H3,(H2,12,14)(H,13,15)(H,16,17)/t7-/m1/s1. The lowest BCUT2D eigenvalue weighted by Crippen LogP contribution is -2.43. The van der Waals surface area contributed by atoms with Gasteiger partial charge in [-0.25, -0.2) is 4.79 Å². The van der Waals surface area contributed by atoms with Crippen molar-refractivity contribution in [2.24, 2.45) is 5.73 Å². The number of carbonyl (C=O) groups excluding carboxylic acids is 2. The molecule has 1 aromatic rings. The third-order valence-electron chi connectivity index (χ3n) is 2.40. The van der Waals surface area contributed by atoms with Crippen LogP contribution in [-0.4, -0.2) is 28.9 Å². The number of hydrogen-bond donors (Lipinski definition) is 3. The molecule has 1 atom stereocenters. The quantitative estimate of drug-likeness (QED) is 0.720. The molecule has 1 heterocycles. The van der Waals surface area contributed by atoms with Crippen LogP contribution in [0.1, 0.15) is 26.5 Å². The Bertz CT molecular complexity index is 476. The topological polar surface area (TPSA) is 109 Å². The first-order chi connectivity index (χ1) is 8.31. The number of primary amides is 1. The van der Waals surface area contributed by atoms with E-state index in [0.29, 0.717) is 4.88 Å². The van der Waals surface area contributed by atoms with Crippen molar-refractivity contribution in [1.29, 1.82) is 0 Å². The van der Waals surface area contributed by atoms with Crippen LogP contribution in [0.3, 0.4) is 0 Å². The SMILES string of the molecule is Cc1cc(C(=O)N[C@H](CC(N)=O)C(=O)O)sc1C. The van der Waals surface area contributed by atoms with Crippen molar-refractivity contribution in [1.82, 2.24) is 5.32 Å². The smallest absolute Gasteiger partial charge is 0.326 e. The normalized spacial score (nSPS) is 11.9. The Morgan fingerprint density at radius 3 is 2.44 bits per heavy atom. The fourth-order valence-electron chi connectivity index (χ4n) is 1.32. The zero-order valence-corrected chi connectivity index (χ0v) is 10.8. The zero-order chi connectivity index (χ0) is 13.9. The number of aryl methyl sites for hydroxylation is 2. The minimum Gasteiger partial charge on any atom is -0.480 e. The monoisotopic (exact) mass is 270 g/mol. The van der Waals surface area contributed by atoms with E-state index in [2.05, 4.69) is 5.32 Å². The summed E-state index contributed by atoms with van der Waals surface area (Å²) in [6.07, 6.45) is -0.426. The molecule has 0 aliphatic heterocycles. The van der Waals surface area contributed by atoms with Crippen molar-refractivity contribution in [2.45, 2.75) is 26.3 Å². The van der Waals surface area contributed by atoms with Gasteiger partial charge in [0, 0.05) is 4.88 Å². The Kier molecular flexibility index (Phi) is 4.43. The molecule has 0 saturated carbocycles. The lowest BCUT2D eigenvalue weighted by atomic mass is 10.2. The molecule has 1 aromatic heterocycles. The number of rotatable bonds is 5. The summed E-state index contributed by atoms with van der Waals surface area (Å²) in [6.45, 7) is 3.73. The van der Waals surface area contributed by atoms with Crippen molar-refractivity contribution < 1.29 is 19.5 Å². The third kappa shape index (κ3) is 3.56. The van der Waals surface area contributed by atoms with Crippen LogP contribution >= 0.6 is 11.3 Å². The summed E-state index contributed by atoms with van der Waals surface area (Å²) in [7, 11) is 0. The fraction of sp³-hybridized carbons (Fsp3) is 0.364. The van der Waals surface area contributed by atoms with Gasteiger partial charge < -0.3 is 16.2 Å². The minimum absolute atomic E-state index is 0.417. The summed E-state index contributed by atoms with van der Waals surface area (Å²) in [5, 5.41) is 11.1. The van der Waals surface area contributed by atoms with Gasteiger partial charge >= 0.3 is 5.97 Å². The summed E-state index contributed by atoms with van der Waals surface area (Å²) in [5.41, 5.74) is 5.89. The van der Waals surface area contributed by atoms with Gasteiger partial charge in [-0.15, -0.1) is 11.3 Å². The van der Waals surface area contributed by atoms with Crippen LogP contribution in [0.5, 0.6) is 0 Å². The van der Waals surface area contributed by atoms with E-state index < -0.39 is 30.2 Å². The molecule has 0 aromatic carbocycles. The second-order valence-corrected chi connectivity index (χ2v) is 5.14. The molecule has 0 aliphatic carbocycles. The predicted molar refractivity (Wildman–Crippen MR) is 66.5 cm³/mol. The van der Waals surface area contributed by atoms with Crippen molar-refractivity contribution in [3.63, 3.8) is 0 Å². The average Bonchev–Trinajstić information content (AvgIpc) is 2.57. The third-order valence-corrected chi connectivity index (χ3v) is 3.55. The van der Waals surface area contributed by atoms with Gasteiger partial charge in [0.15, 0.2) is 0 Å². The molecule has 0 saturated heterocycles. The maximum atomic E-state index is 11.8. The van der Waals surface area contributed by atoms with Crippen LogP contribution < -0.4 is 11.1 Å². The molecule has 98 valence electrons. The highest BCUT2D eigenvalue weighted by molar-refractivity contribution is 7.14. The van der Waals surface area contributed by atoms with E-state index in [1.807, 2.05) is 13.8 Å². The highest BCUT2D eigenvalue weighted by Gasteiger charge is 2.23. The summed E-state index contributed by atoms with van der Waals surface area (Å²) in [4.78, 5) is 34.8. The molecule has 0 unspecified atom stereocenters. The van der Waals surface area contributed by atoms with Crippen LogP contribution in [-0.2, 0) is 9.59 Å². The van der Waals surface area contributed by atoms with Gasteiger partial charge in [0.2, 0.25) is 5.91 Å². The number of carboxylic acid groups (broad SMARTS) is 1. The van der Waals surface area contributed by atoms with Gasteiger partial charge in [-0.2, -0.15) is 0 Å². The van der Waals surface area contributed by atoms with Gasteiger partial charge in [-0.1, -0.05) is 0 Å². The number of amides is 2. The molecule has 0 bridgehead atoms. The Balaban J connectivity index is 2.78. The lowest BCUT2D eigenvalue weighted by Gasteiger charge is -2.11. The first-order valence-corrected chi connectivity index (χ1v) is 6.02. The van der Waals surface area contributed by atoms with E-state index in [4.69, 9.17) is 10.8 Å². The Morgan fingerprint density at radius 2 is 2.06 bits per heavy atom. The molecule has 7 heteroatoms. The molecule has 2 amide bonds. The average molecular weight is 270 g/mol. The number of hydrogen-bond acceptors (Lipinski definition) is 4. The highest BCUT2D eigenvalue weighted by Crippen LogP contribution is 2.20. The molecular weight excluding hydrogens is 256 g/mol. The molecule has 6 nitrogen and oxygen atoms in total. The van der Waals surface area contributed by atoms with Crippen LogP contribution in [0.25, 0.3) is 0 Å². The number of aliphatic carboxylic acids is 1. The molecule has 0 spiro atoms. The van der Waals surface area contributed by atoms with Crippen molar-refractivity contribution in [3.05, 3.63) is 21.4 Å². The van der Waals surface area contributed by atoms with E-state index >= 15 is 0 Å². The van der Waals surface area contributed by atoms with Gasteiger partial charge in [0.25, 0.3) is 5.91 Å². The number of carbonyl (C=O) groups is 3. The van der Waals surface area contributed by atoms with Gasteiger partial charge in [-0.3, -0.25) is 9.59 Å². The van der Waals surface area contributed by atoms with E-state index in [1.165, 1.54) is 11.3 Å². The minimum atomic E-state index is -1.29. The number of carboxylic acids is 1. The van der Waals surface area contributed by atoms with Gasteiger partial charge in [0.1, 0.15) is 6.04 Å². The molecule has 0 aliphatic rings. The fourth-order valence-corrected chi connectivity index (χ4v) is 2.25. The first kappa shape index (κ1) is 14.2. The summed E-state index contributed by atoms with van der Waals surface area (Å²) in [6, 6.07) is 0.385. The Morgan fingerprint density at radius 1 is 1.44 bits per heavy atom. The van der Waals surface area contributed by atoms with E-state index in [9.17, 15) is 14.4 Å². The molecule has 18 heavy (non-hydrogen) atoms. The summed E-state index contributed by atoms with van der Waals surface area (Å²) in [5.74, 6) is -2.57. The summed E-state index contributed by atoms with van der Waals surface area (Å²) >= 11 is 1.27. The highest BCUT2D eigenvalue weighted by atomic mass is 32.1. The second kappa shape index (κ2) is 5.63. The maximum Gasteiger partial charge on any atom is 0.326 e. The molecule has 0 fully saturated rings. The number of nitrogens with two attached hydrogens (primary N) is 1. The maximum absolute atomic E-state index is 11.8. The van der Waals surface area contributed by atoms with Crippen molar-refractivity contribution >= 4 is 29.1 Å². The van der Waals surface area contributed by atoms with Crippen LogP contribution in [0.4, 0.5) is 0 Å². The number of thiophene rings is 1. The van der Waals surface area contributed by atoms with Crippen LogP contribution in [0.15, 0.2) is 6.07 Å². The zero-order valence-electron chi connectivity index (χ0n) is 10.0. The molecule has 1 rings (SSSR count). The van der Waals surface area contributed by atoms with Gasteiger partial charge in [0.05, 0.1) is 11.3 Å². The summed E-state index contributed by atoms with van der Waals surface area (Å²) < 4.78 is 0. The van der Waals surface area contributed by atoms with Crippen molar-refractivity contribution in [3.8, 4) is 0 Å². The molecular formula is C11H14N2O4S. The largest absolute Gasteiger partial charge is 0.480 e. The van der Waals surface area contributed by atoms with Crippen LogP contribution in [0.2, 0.25) is 0 Å². The van der Waals surface area contributed by atoms with Gasteiger partial charge in [-0.05, 0) is 25.5 Å². The predicted octanol–water partition coefficient (Wildman–Crippen LogP) is 0.423. The lowest BCUT2D eigenvalue weighted by molar-refractivity contribution is -0.140. The van der Waals surface area contributed by atoms with E-state index in [0.717, 1.165) is 10.4 Å². The van der Waals surface area contributed by atoms with Crippen LogP contribution in [0, 0.1) is 13.8 Å². The van der Waals surface area contributed by atoms with E-state index in [-0.39, 0.29) is 0 Å². The second-order valence-electron chi connectivity index (χ2n) is 3.88. The Labute approximate surface area is 108 Å². The van der Waals surface area contributed by atoms with Crippen molar-refractivity contribution in [2.75, 3.05) is 0 Å².